The van der Waals surface area contributed by atoms with E-state index < -0.39 is 0 Å². The molecule has 2 aromatic carbocycles. The largest absolute Gasteiger partial charge is 0.221 e. The minimum Gasteiger partial charge on any atom is -0.221 e. The van der Waals surface area contributed by atoms with Crippen molar-refractivity contribution >= 4 is 26.4 Å². The molecule has 3 heteroatoms. The number of hydrogen-bond donors (Lipinski definition) is 0. The Morgan fingerprint density at radius 1 is 1.00 bits per heavy atom. The zero-order valence-corrected chi connectivity index (χ0v) is 11.3. The maximum Gasteiger partial charge on any atom is 0.128 e. The van der Waals surface area contributed by atoms with Gasteiger partial charge in [-0.05, 0) is 24.6 Å². The third kappa shape index (κ3) is 1.59. The summed E-state index contributed by atoms with van der Waals surface area (Å²) in [5.74, 6) is 0. The maximum absolute atomic E-state index is 4.53. The highest BCUT2D eigenvalue weighted by Crippen LogP contribution is 2.33. The molecule has 4 rings (SSSR count). The summed E-state index contributed by atoms with van der Waals surface area (Å²) in [5, 5.41) is 4.53. The fourth-order valence-corrected chi connectivity index (χ4v) is 3.49. The SMILES string of the molecule is Cc1ccc(-c2cnn3c2sc2ccccc23)cc1. The third-order valence-electron chi connectivity index (χ3n) is 3.39. The average molecular weight is 264 g/mol. The van der Waals surface area contributed by atoms with E-state index >= 15 is 0 Å². The van der Waals surface area contributed by atoms with Gasteiger partial charge in [-0.2, -0.15) is 5.10 Å². The molecule has 0 aliphatic rings. The second-order valence-corrected chi connectivity index (χ2v) is 5.74. The van der Waals surface area contributed by atoms with Gasteiger partial charge in [0.15, 0.2) is 0 Å². The zero-order chi connectivity index (χ0) is 12.8. The Morgan fingerprint density at radius 3 is 2.63 bits per heavy atom. The van der Waals surface area contributed by atoms with E-state index in [9.17, 15) is 0 Å². The van der Waals surface area contributed by atoms with Crippen LogP contribution in [-0.4, -0.2) is 9.61 Å². The van der Waals surface area contributed by atoms with Gasteiger partial charge in [0.25, 0.3) is 0 Å². The number of aryl methyl sites for hydroxylation is 1. The van der Waals surface area contributed by atoms with Gasteiger partial charge in [0.05, 0.1) is 16.4 Å². The fraction of sp³-hybridized carbons (Fsp3) is 0.0625. The van der Waals surface area contributed by atoms with Gasteiger partial charge in [0, 0.05) is 5.56 Å². The first kappa shape index (κ1) is 10.8. The molecule has 2 heterocycles. The molecule has 0 aliphatic heterocycles. The lowest BCUT2D eigenvalue weighted by Gasteiger charge is -1.97. The van der Waals surface area contributed by atoms with Crippen LogP contribution >= 0.6 is 11.3 Å². The lowest BCUT2D eigenvalue weighted by atomic mass is 10.1. The van der Waals surface area contributed by atoms with Crippen LogP contribution in [0.25, 0.3) is 26.2 Å². The number of fused-ring (bicyclic) bond motifs is 3. The summed E-state index contributed by atoms with van der Waals surface area (Å²) in [6, 6.07) is 17.0. The van der Waals surface area contributed by atoms with Crippen LogP contribution in [0.1, 0.15) is 5.56 Å². The molecule has 2 nitrogen and oxygen atoms in total. The van der Waals surface area contributed by atoms with Crippen LogP contribution in [0.4, 0.5) is 0 Å². The first-order valence-electron chi connectivity index (χ1n) is 6.25. The quantitative estimate of drug-likeness (QED) is 0.494. The molecule has 0 N–H and O–H groups in total. The molecule has 0 fully saturated rings. The molecular weight excluding hydrogens is 252 g/mol. The van der Waals surface area contributed by atoms with Gasteiger partial charge in [-0.1, -0.05) is 42.0 Å². The minimum absolute atomic E-state index is 1.18. The van der Waals surface area contributed by atoms with Crippen LogP contribution in [0.15, 0.2) is 54.7 Å². The number of para-hydroxylation sites is 1. The number of aromatic nitrogens is 2. The third-order valence-corrected chi connectivity index (χ3v) is 4.54. The predicted molar refractivity (Wildman–Crippen MR) is 80.7 cm³/mol. The molecule has 19 heavy (non-hydrogen) atoms. The lowest BCUT2D eigenvalue weighted by Crippen LogP contribution is -1.80. The second-order valence-electron chi connectivity index (χ2n) is 4.71. The van der Waals surface area contributed by atoms with Crippen LogP contribution < -0.4 is 0 Å². The molecule has 0 unspecified atom stereocenters. The summed E-state index contributed by atoms with van der Waals surface area (Å²) in [4.78, 5) is 1.21. The zero-order valence-electron chi connectivity index (χ0n) is 10.5. The van der Waals surface area contributed by atoms with Gasteiger partial charge in [0.1, 0.15) is 4.83 Å². The Hall–Kier alpha value is -2.13. The van der Waals surface area contributed by atoms with E-state index in [2.05, 4.69) is 60.6 Å². The number of nitrogens with zero attached hydrogens (tertiary/aromatic N) is 2. The number of hydrogen-bond acceptors (Lipinski definition) is 2. The topological polar surface area (TPSA) is 17.3 Å². The Balaban J connectivity index is 2.02. The lowest BCUT2D eigenvalue weighted by molar-refractivity contribution is 1.02. The maximum atomic E-state index is 4.53. The summed E-state index contributed by atoms with van der Waals surface area (Å²) in [5.41, 5.74) is 4.90. The van der Waals surface area contributed by atoms with E-state index in [4.69, 9.17) is 0 Å². The molecule has 0 aliphatic carbocycles. The fourth-order valence-electron chi connectivity index (χ4n) is 2.36. The van der Waals surface area contributed by atoms with E-state index in [-0.39, 0.29) is 0 Å². The minimum atomic E-state index is 1.18. The van der Waals surface area contributed by atoms with Crippen molar-refractivity contribution in [2.45, 2.75) is 6.92 Å². The molecule has 0 amide bonds. The van der Waals surface area contributed by atoms with Crippen molar-refractivity contribution < 1.29 is 0 Å². The Kier molecular flexibility index (Phi) is 2.23. The van der Waals surface area contributed by atoms with Crippen LogP contribution in [0.2, 0.25) is 0 Å². The van der Waals surface area contributed by atoms with Gasteiger partial charge in [-0.15, -0.1) is 11.3 Å². The van der Waals surface area contributed by atoms with Gasteiger partial charge in [-0.3, -0.25) is 0 Å². The van der Waals surface area contributed by atoms with Crippen LogP contribution in [0.3, 0.4) is 0 Å². The van der Waals surface area contributed by atoms with E-state index in [1.807, 2.05) is 10.7 Å². The predicted octanol–water partition coefficient (Wildman–Crippen LogP) is 4.52. The van der Waals surface area contributed by atoms with Gasteiger partial charge < -0.3 is 0 Å². The molecule has 0 spiro atoms. The van der Waals surface area contributed by atoms with Crippen molar-refractivity contribution in [1.29, 1.82) is 0 Å². The summed E-state index contributed by atoms with van der Waals surface area (Å²) < 4.78 is 3.31. The molecule has 0 bridgehead atoms. The molecular formula is C16H12N2S. The summed E-state index contributed by atoms with van der Waals surface area (Å²) in [6.45, 7) is 2.11. The smallest absolute Gasteiger partial charge is 0.128 e. The summed E-state index contributed by atoms with van der Waals surface area (Å²) in [6.07, 6.45) is 1.96. The van der Waals surface area contributed by atoms with E-state index in [1.165, 1.54) is 31.7 Å². The first-order chi connectivity index (χ1) is 9.33. The Labute approximate surface area is 114 Å². The highest BCUT2D eigenvalue weighted by Gasteiger charge is 2.11. The number of thiazole rings is 1. The Morgan fingerprint density at radius 2 is 1.79 bits per heavy atom. The van der Waals surface area contributed by atoms with Crippen molar-refractivity contribution in [3.05, 3.63) is 60.3 Å². The molecule has 0 atom stereocenters. The highest BCUT2D eigenvalue weighted by atomic mass is 32.1. The van der Waals surface area contributed by atoms with Gasteiger partial charge in [0.2, 0.25) is 0 Å². The number of rotatable bonds is 1. The monoisotopic (exact) mass is 264 g/mol. The standard InChI is InChI=1S/C16H12N2S/c1-11-6-8-12(9-7-11)13-10-17-18-14-4-2-3-5-15(14)19-16(13)18/h2-10H,1H3. The molecule has 0 radical (unpaired) electrons. The summed E-state index contributed by atoms with van der Waals surface area (Å²) >= 11 is 1.79. The molecule has 0 saturated carbocycles. The number of benzene rings is 2. The molecule has 2 aromatic heterocycles. The van der Waals surface area contributed by atoms with E-state index in [0.717, 1.165) is 0 Å². The summed E-state index contributed by atoms with van der Waals surface area (Å²) in [7, 11) is 0. The van der Waals surface area contributed by atoms with Crippen LogP contribution in [0, 0.1) is 6.92 Å². The van der Waals surface area contributed by atoms with Crippen LogP contribution in [-0.2, 0) is 0 Å². The molecule has 92 valence electrons. The van der Waals surface area contributed by atoms with E-state index in [0.29, 0.717) is 0 Å². The highest BCUT2D eigenvalue weighted by molar-refractivity contribution is 7.24. The van der Waals surface area contributed by atoms with Crippen molar-refractivity contribution in [3.8, 4) is 11.1 Å². The van der Waals surface area contributed by atoms with E-state index in [1.54, 1.807) is 11.3 Å². The van der Waals surface area contributed by atoms with Crippen molar-refractivity contribution in [1.82, 2.24) is 9.61 Å². The van der Waals surface area contributed by atoms with Crippen molar-refractivity contribution in [3.63, 3.8) is 0 Å². The van der Waals surface area contributed by atoms with Crippen molar-refractivity contribution in [2.24, 2.45) is 0 Å². The molecule has 4 aromatic rings. The average Bonchev–Trinajstić information content (AvgIpc) is 2.98. The molecule has 0 saturated heterocycles. The Bertz CT molecular complexity index is 869. The first-order valence-corrected chi connectivity index (χ1v) is 7.07. The normalized spacial score (nSPS) is 11.4. The van der Waals surface area contributed by atoms with Gasteiger partial charge in [-0.25, -0.2) is 4.52 Å². The second kappa shape index (κ2) is 3.93. The van der Waals surface area contributed by atoms with Gasteiger partial charge >= 0.3 is 0 Å². The van der Waals surface area contributed by atoms with Crippen LogP contribution in [0.5, 0.6) is 0 Å². The van der Waals surface area contributed by atoms with Crippen molar-refractivity contribution in [2.75, 3.05) is 0 Å².